The van der Waals surface area contributed by atoms with Crippen LogP contribution in [0.3, 0.4) is 0 Å². The Labute approximate surface area is 151 Å². The summed E-state index contributed by atoms with van der Waals surface area (Å²) >= 11 is 0. The fourth-order valence-electron chi connectivity index (χ4n) is 2.35. The Morgan fingerprint density at radius 3 is 1.19 bits per heavy atom. The molecule has 0 aliphatic carbocycles. The molecule has 0 unspecified atom stereocenters. The first-order valence-electron chi connectivity index (χ1n) is 8.12. The number of rotatable bonds is 7. The summed E-state index contributed by atoms with van der Waals surface area (Å²) in [6, 6.07) is 14.5. The van der Waals surface area contributed by atoms with Crippen LogP contribution in [0, 0.1) is 0 Å². The molecule has 2 aromatic carbocycles. The van der Waals surface area contributed by atoms with Gasteiger partial charge in [0.2, 0.25) is 11.8 Å². The average Bonchev–Trinajstić information content (AvgIpc) is 2.54. The first kappa shape index (κ1) is 19.1. The highest BCUT2D eigenvalue weighted by atomic mass is 16.2. The summed E-state index contributed by atoms with van der Waals surface area (Å²) in [5.74, 6) is -1.05. The van der Waals surface area contributed by atoms with Gasteiger partial charge in [-0.2, -0.15) is 0 Å². The average molecular weight is 352 g/mol. The van der Waals surface area contributed by atoms with Crippen LogP contribution in [-0.2, 0) is 19.2 Å². The van der Waals surface area contributed by atoms with Crippen LogP contribution in [0.4, 0.5) is 11.4 Å². The number of benzene rings is 2. The van der Waals surface area contributed by atoms with Crippen molar-refractivity contribution in [3.05, 3.63) is 48.5 Å². The van der Waals surface area contributed by atoms with E-state index in [9.17, 15) is 19.2 Å². The first-order chi connectivity index (χ1) is 12.3. The first-order valence-corrected chi connectivity index (χ1v) is 8.12. The Bertz CT molecular complexity index is 752. The second-order valence-electron chi connectivity index (χ2n) is 6.01. The van der Waals surface area contributed by atoms with E-state index in [4.69, 9.17) is 0 Å². The fraction of sp³-hybridized carbons (Fsp3) is 0.200. The van der Waals surface area contributed by atoms with Gasteiger partial charge in [0.15, 0.2) is 0 Å². The number of hydrogen-bond acceptors (Lipinski definition) is 4. The van der Waals surface area contributed by atoms with Crippen molar-refractivity contribution in [2.24, 2.45) is 0 Å². The van der Waals surface area contributed by atoms with E-state index in [0.717, 1.165) is 11.1 Å². The van der Waals surface area contributed by atoms with Gasteiger partial charge in [-0.05, 0) is 49.2 Å². The standard InChI is InChI=1S/C20H20N2O4/c1-13(23)11-19(25)21-17-7-3-15(4-8-17)16-5-9-18(10-6-16)22-20(26)12-14(2)24/h3-10H,11-12H2,1-2H3,(H,21,25)(H,22,26). The lowest BCUT2D eigenvalue weighted by molar-refractivity contribution is -0.125. The zero-order chi connectivity index (χ0) is 19.1. The molecule has 26 heavy (non-hydrogen) atoms. The highest BCUT2D eigenvalue weighted by Gasteiger charge is 2.07. The molecular weight excluding hydrogens is 332 g/mol. The number of ketones is 2. The Morgan fingerprint density at radius 2 is 0.923 bits per heavy atom. The molecule has 2 amide bonds. The Balaban J connectivity index is 2.00. The number of nitrogens with one attached hydrogen (secondary N) is 2. The lowest BCUT2D eigenvalue weighted by Gasteiger charge is -2.08. The van der Waals surface area contributed by atoms with Crippen molar-refractivity contribution in [1.29, 1.82) is 0 Å². The maximum atomic E-state index is 11.6. The summed E-state index contributed by atoms with van der Waals surface area (Å²) in [6.07, 6.45) is -0.281. The minimum absolute atomic E-state index is 0.140. The number of carbonyl (C=O) groups is 4. The van der Waals surface area contributed by atoms with E-state index in [1.54, 1.807) is 24.3 Å². The van der Waals surface area contributed by atoms with Gasteiger partial charge in [0, 0.05) is 11.4 Å². The second-order valence-corrected chi connectivity index (χ2v) is 6.01. The number of anilines is 2. The lowest BCUT2D eigenvalue weighted by atomic mass is 10.0. The van der Waals surface area contributed by atoms with Crippen molar-refractivity contribution in [3.63, 3.8) is 0 Å². The molecule has 2 N–H and O–H groups in total. The largest absolute Gasteiger partial charge is 0.326 e. The van der Waals surface area contributed by atoms with E-state index in [1.165, 1.54) is 13.8 Å². The molecule has 6 nitrogen and oxygen atoms in total. The summed E-state index contributed by atoms with van der Waals surface area (Å²) in [6.45, 7) is 2.74. The fourth-order valence-corrected chi connectivity index (χ4v) is 2.35. The molecule has 0 spiro atoms. The SMILES string of the molecule is CC(=O)CC(=O)Nc1ccc(-c2ccc(NC(=O)CC(C)=O)cc2)cc1. The van der Waals surface area contributed by atoms with Crippen LogP contribution in [0.1, 0.15) is 26.7 Å². The van der Waals surface area contributed by atoms with Gasteiger partial charge in [-0.1, -0.05) is 24.3 Å². The molecule has 0 heterocycles. The van der Waals surface area contributed by atoms with Gasteiger partial charge in [-0.25, -0.2) is 0 Å². The van der Waals surface area contributed by atoms with E-state index >= 15 is 0 Å². The maximum absolute atomic E-state index is 11.6. The molecule has 0 bridgehead atoms. The topological polar surface area (TPSA) is 92.3 Å². The smallest absolute Gasteiger partial charge is 0.231 e. The van der Waals surface area contributed by atoms with Crippen LogP contribution in [0.5, 0.6) is 0 Å². The molecule has 6 heteroatoms. The molecule has 134 valence electrons. The van der Waals surface area contributed by atoms with Crippen molar-refractivity contribution in [3.8, 4) is 11.1 Å². The number of hydrogen-bond donors (Lipinski definition) is 2. The van der Waals surface area contributed by atoms with Gasteiger partial charge >= 0.3 is 0 Å². The van der Waals surface area contributed by atoms with Crippen molar-refractivity contribution in [2.45, 2.75) is 26.7 Å². The number of carbonyl (C=O) groups excluding carboxylic acids is 4. The monoisotopic (exact) mass is 352 g/mol. The molecule has 0 saturated carbocycles. The summed E-state index contributed by atoms with van der Waals surface area (Å²) < 4.78 is 0. The molecule has 0 fully saturated rings. The summed E-state index contributed by atoms with van der Waals surface area (Å²) in [7, 11) is 0. The molecule has 0 aliphatic rings. The van der Waals surface area contributed by atoms with Gasteiger partial charge in [0.25, 0.3) is 0 Å². The van der Waals surface area contributed by atoms with Crippen LogP contribution >= 0.6 is 0 Å². The van der Waals surface area contributed by atoms with Crippen LogP contribution in [0.15, 0.2) is 48.5 Å². The van der Waals surface area contributed by atoms with E-state index in [1.807, 2.05) is 24.3 Å². The second kappa shape index (κ2) is 8.71. The van der Waals surface area contributed by atoms with Crippen molar-refractivity contribution in [1.82, 2.24) is 0 Å². The summed E-state index contributed by atoms with van der Waals surface area (Å²) in [5.41, 5.74) is 3.12. The minimum Gasteiger partial charge on any atom is -0.326 e. The molecule has 0 radical (unpaired) electrons. The van der Waals surface area contributed by atoms with E-state index < -0.39 is 0 Å². The third-order valence-corrected chi connectivity index (χ3v) is 3.49. The molecular formula is C20H20N2O4. The predicted molar refractivity (Wildman–Crippen MR) is 99.7 cm³/mol. The molecule has 0 aromatic heterocycles. The van der Waals surface area contributed by atoms with Gasteiger partial charge in [0.05, 0.1) is 12.8 Å². The Morgan fingerprint density at radius 1 is 0.615 bits per heavy atom. The third kappa shape index (κ3) is 5.98. The number of amides is 2. The van der Waals surface area contributed by atoms with Gasteiger partial charge in [-0.3, -0.25) is 19.2 Å². The van der Waals surface area contributed by atoms with Gasteiger partial charge in [0.1, 0.15) is 11.6 Å². The van der Waals surface area contributed by atoms with Crippen LogP contribution in [-0.4, -0.2) is 23.4 Å². The van der Waals surface area contributed by atoms with E-state index in [0.29, 0.717) is 11.4 Å². The molecule has 0 atom stereocenters. The summed E-state index contributed by atoms with van der Waals surface area (Å²) in [4.78, 5) is 45.0. The zero-order valence-corrected chi connectivity index (χ0v) is 14.7. The highest BCUT2D eigenvalue weighted by Crippen LogP contribution is 2.23. The normalized spacial score (nSPS) is 10.1. The van der Waals surface area contributed by atoms with Gasteiger partial charge in [-0.15, -0.1) is 0 Å². The Kier molecular flexibility index (Phi) is 6.38. The molecule has 2 aromatic rings. The highest BCUT2D eigenvalue weighted by molar-refractivity contribution is 6.04. The van der Waals surface area contributed by atoms with Crippen molar-refractivity contribution < 1.29 is 19.2 Å². The minimum atomic E-state index is -0.337. The Hall–Kier alpha value is -3.28. The molecule has 0 aliphatic heterocycles. The van der Waals surface area contributed by atoms with E-state index in [-0.39, 0.29) is 36.2 Å². The van der Waals surface area contributed by atoms with Crippen LogP contribution in [0.2, 0.25) is 0 Å². The predicted octanol–water partition coefficient (Wildman–Crippen LogP) is 3.19. The van der Waals surface area contributed by atoms with E-state index in [2.05, 4.69) is 10.6 Å². The van der Waals surface area contributed by atoms with Crippen LogP contribution in [0.25, 0.3) is 11.1 Å². The zero-order valence-electron chi connectivity index (χ0n) is 14.7. The molecule has 0 saturated heterocycles. The summed E-state index contributed by atoms with van der Waals surface area (Å²) in [5, 5.41) is 5.33. The molecule has 2 rings (SSSR count). The third-order valence-electron chi connectivity index (χ3n) is 3.49. The van der Waals surface area contributed by atoms with Gasteiger partial charge < -0.3 is 10.6 Å². The van der Waals surface area contributed by atoms with Crippen molar-refractivity contribution >= 4 is 34.8 Å². The van der Waals surface area contributed by atoms with Crippen LogP contribution < -0.4 is 10.6 Å². The maximum Gasteiger partial charge on any atom is 0.231 e. The number of Topliss-reactive ketones (excluding diaryl/α,β-unsaturated/α-hetero) is 2. The van der Waals surface area contributed by atoms with Crippen molar-refractivity contribution in [2.75, 3.05) is 10.6 Å². The lowest BCUT2D eigenvalue weighted by Crippen LogP contribution is -2.14. The quantitative estimate of drug-likeness (QED) is 0.749.